The summed E-state index contributed by atoms with van der Waals surface area (Å²) in [6.07, 6.45) is 0.773. The summed E-state index contributed by atoms with van der Waals surface area (Å²) >= 11 is 1.69. The van der Waals surface area contributed by atoms with Gasteiger partial charge in [0.05, 0.1) is 19.1 Å². The van der Waals surface area contributed by atoms with E-state index in [-0.39, 0.29) is 17.6 Å². The van der Waals surface area contributed by atoms with E-state index in [9.17, 15) is 9.90 Å². The summed E-state index contributed by atoms with van der Waals surface area (Å²) in [6.45, 7) is 2.47. The predicted molar refractivity (Wildman–Crippen MR) is 109 cm³/mol. The van der Waals surface area contributed by atoms with E-state index in [1.165, 1.54) is 4.70 Å². The molecule has 3 aromatic rings. The van der Waals surface area contributed by atoms with Crippen LogP contribution in [0.5, 0.6) is 11.5 Å². The van der Waals surface area contributed by atoms with Crippen LogP contribution in [0.3, 0.4) is 0 Å². The number of phenols is 1. The van der Waals surface area contributed by atoms with Crippen LogP contribution in [0.2, 0.25) is 0 Å². The number of hydrogen-bond donors (Lipinski definition) is 1. The molecule has 3 heterocycles. The van der Waals surface area contributed by atoms with Gasteiger partial charge in [-0.05, 0) is 35.6 Å². The molecule has 2 aromatic carbocycles. The maximum atomic E-state index is 12.9. The second-order valence-electron chi connectivity index (χ2n) is 7.30. The highest BCUT2D eigenvalue weighted by Crippen LogP contribution is 2.41. The number of carbonyl (C=O) groups is 1. The molecule has 2 aliphatic rings. The highest BCUT2D eigenvalue weighted by Gasteiger charge is 2.30. The first-order valence-corrected chi connectivity index (χ1v) is 10.4. The molecule has 2 aliphatic heterocycles. The van der Waals surface area contributed by atoms with E-state index in [1.807, 2.05) is 23.1 Å². The van der Waals surface area contributed by atoms with Crippen LogP contribution in [0.1, 0.15) is 12.0 Å². The predicted octanol–water partition coefficient (Wildman–Crippen LogP) is 4.03. The third-order valence-electron chi connectivity index (χ3n) is 5.50. The lowest BCUT2D eigenvalue weighted by molar-refractivity contribution is -0.136. The third kappa shape index (κ3) is 3.02. The first-order chi connectivity index (χ1) is 13.7. The molecule has 0 bridgehead atoms. The zero-order valence-electron chi connectivity index (χ0n) is 15.4. The molecule has 28 heavy (non-hydrogen) atoms. The molecule has 6 heteroatoms. The first kappa shape index (κ1) is 17.5. The molecule has 1 amide bonds. The highest BCUT2D eigenvalue weighted by molar-refractivity contribution is 7.17. The van der Waals surface area contributed by atoms with Gasteiger partial charge in [-0.1, -0.05) is 18.2 Å². The maximum absolute atomic E-state index is 12.9. The van der Waals surface area contributed by atoms with Crippen LogP contribution in [0.25, 0.3) is 21.2 Å². The van der Waals surface area contributed by atoms with E-state index >= 15 is 0 Å². The molecule has 5 rings (SSSR count). The Morgan fingerprint density at radius 1 is 1.21 bits per heavy atom. The van der Waals surface area contributed by atoms with Crippen molar-refractivity contribution in [3.05, 3.63) is 47.3 Å². The smallest absolute Gasteiger partial charge is 0.228 e. The fourth-order valence-electron chi connectivity index (χ4n) is 4.03. The van der Waals surface area contributed by atoms with Crippen molar-refractivity contribution < 1.29 is 19.4 Å². The largest absolute Gasteiger partial charge is 0.504 e. The molecule has 0 saturated carbocycles. The summed E-state index contributed by atoms with van der Waals surface area (Å²) in [5, 5.41) is 13.9. The van der Waals surface area contributed by atoms with Gasteiger partial charge >= 0.3 is 0 Å². The Bertz CT molecular complexity index is 1040. The lowest BCUT2D eigenvalue weighted by atomic mass is 10.0. The summed E-state index contributed by atoms with van der Waals surface area (Å²) < 4.78 is 12.4. The van der Waals surface area contributed by atoms with Crippen LogP contribution < -0.4 is 4.74 Å². The highest BCUT2D eigenvalue weighted by atomic mass is 32.1. The third-order valence-corrected chi connectivity index (χ3v) is 6.46. The number of carbonyl (C=O) groups excluding carboxylic acids is 1. The molecule has 0 aliphatic carbocycles. The normalized spacial score (nSPS) is 19.3. The molecule has 144 valence electrons. The van der Waals surface area contributed by atoms with Gasteiger partial charge in [-0.2, -0.15) is 0 Å². The van der Waals surface area contributed by atoms with E-state index in [0.717, 1.165) is 28.5 Å². The molecule has 1 aromatic heterocycles. The molecular weight excluding hydrogens is 374 g/mol. The van der Waals surface area contributed by atoms with E-state index in [0.29, 0.717) is 38.7 Å². The fraction of sp³-hybridized carbons (Fsp3) is 0.318. The van der Waals surface area contributed by atoms with Gasteiger partial charge in [0.15, 0.2) is 11.5 Å². The molecular formula is C22H21NO4S. The van der Waals surface area contributed by atoms with Crippen molar-refractivity contribution in [1.82, 2.24) is 4.90 Å². The minimum atomic E-state index is -0.0702. The van der Waals surface area contributed by atoms with Gasteiger partial charge in [0, 0.05) is 34.4 Å². The number of nitrogens with zero attached hydrogens (tertiary/aromatic N) is 1. The SMILES string of the molecule is O=C([C@H]1CCOC1)N1CCOc2c(O)cc(-c3csc4ccccc34)cc2C1. The van der Waals surface area contributed by atoms with Crippen molar-refractivity contribution in [3.8, 4) is 22.6 Å². The lowest BCUT2D eigenvalue weighted by Crippen LogP contribution is -2.37. The maximum Gasteiger partial charge on any atom is 0.228 e. The summed E-state index contributed by atoms with van der Waals surface area (Å²) in [5.74, 6) is 0.654. The van der Waals surface area contributed by atoms with E-state index < -0.39 is 0 Å². The number of benzene rings is 2. The van der Waals surface area contributed by atoms with E-state index in [2.05, 4.69) is 17.5 Å². The van der Waals surface area contributed by atoms with Crippen molar-refractivity contribution >= 4 is 27.3 Å². The van der Waals surface area contributed by atoms with Crippen LogP contribution in [0, 0.1) is 5.92 Å². The minimum Gasteiger partial charge on any atom is -0.504 e. The Labute approximate surface area is 167 Å². The fourth-order valence-corrected chi connectivity index (χ4v) is 5.00. The average Bonchev–Trinajstić information content (AvgIpc) is 3.33. The molecule has 0 radical (unpaired) electrons. The van der Waals surface area contributed by atoms with Crippen LogP contribution in [0.4, 0.5) is 0 Å². The zero-order chi connectivity index (χ0) is 19.1. The summed E-state index contributed by atoms with van der Waals surface area (Å²) in [4.78, 5) is 14.7. The first-order valence-electron chi connectivity index (χ1n) is 9.52. The summed E-state index contributed by atoms with van der Waals surface area (Å²) in [5.41, 5.74) is 2.87. The number of aromatic hydroxyl groups is 1. The quantitative estimate of drug-likeness (QED) is 0.712. The topological polar surface area (TPSA) is 59.0 Å². The number of phenolic OH excluding ortho intramolecular Hbond substituents is 1. The Balaban J connectivity index is 1.52. The van der Waals surface area contributed by atoms with Gasteiger partial charge in [0.25, 0.3) is 0 Å². The molecule has 1 atom stereocenters. The van der Waals surface area contributed by atoms with Crippen molar-refractivity contribution in [2.45, 2.75) is 13.0 Å². The van der Waals surface area contributed by atoms with Crippen LogP contribution in [-0.2, 0) is 16.1 Å². The Kier molecular flexibility index (Phi) is 4.45. The molecule has 5 nitrogen and oxygen atoms in total. The number of hydrogen-bond acceptors (Lipinski definition) is 5. The van der Waals surface area contributed by atoms with Crippen molar-refractivity contribution in [2.75, 3.05) is 26.4 Å². The van der Waals surface area contributed by atoms with Crippen molar-refractivity contribution in [1.29, 1.82) is 0 Å². The minimum absolute atomic E-state index is 0.0702. The number of thiophene rings is 1. The van der Waals surface area contributed by atoms with Gasteiger partial charge < -0.3 is 19.5 Å². The Morgan fingerprint density at radius 3 is 2.96 bits per heavy atom. The van der Waals surface area contributed by atoms with Gasteiger partial charge in [-0.15, -0.1) is 11.3 Å². The number of ether oxygens (including phenoxy) is 2. The molecule has 0 spiro atoms. The summed E-state index contributed by atoms with van der Waals surface area (Å²) in [6, 6.07) is 12.0. The Morgan fingerprint density at radius 2 is 2.11 bits per heavy atom. The standard InChI is InChI=1S/C22H21NO4S/c24-19-10-15(18-13-28-20-4-2-1-3-17(18)20)9-16-11-23(6-8-27-21(16)19)22(25)14-5-7-26-12-14/h1-4,9-10,13-14,24H,5-8,11-12H2/t14-/m0/s1. The van der Waals surface area contributed by atoms with Gasteiger partial charge in [-0.3, -0.25) is 4.79 Å². The number of fused-ring (bicyclic) bond motifs is 2. The van der Waals surface area contributed by atoms with Gasteiger partial charge in [0.2, 0.25) is 5.91 Å². The second-order valence-corrected chi connectivity index (χ2v) is 8.21. The average molecular weight is 395 g/mol. The Hall–Kier alpha value is -2.57. The van der Waals surface area contributed by atoms with Crippen molar-refractivity contribution in [2.24, 2.45) is 5.92 Å². The molecule has 1 fully saturated rings. The monoisotopic (exact) mass is 395 g/mol. The van der Waals surface area contributed by atoms with Crippen LogP contribution in [-0.4, -0.2) is 42.3 Å². The van der Waals surface area contributed by atoms with Gasteiger partial charge in [-0.25, -0.2) is 0 Å². The van der Waals surface area contributed by atoms with Gasteiger partial charge in [0.1, 0.15) is 6.61 Å². The second kappa shape index (κ2) is 7.11. The van der Waals surface area contributed by atoms with Crippen molar-refractivity contribution in [3.63, 3.8) is 0 Å². The molecule has 0 unspecified atom stereocenters. The van der Waals surface area contributed by atoms with E-state index in [4.69, 9.17) is 9.47 Å². The number of amides is 1. The zero-order valence-corrected chi connectivity index (χ0v) is 16.2. The van der Waals surface area contributed by atoms with Crippen LogP contribution >= 0.6 is 11.3 Å². The van der Waals surface area contributed by atoms with E-state index in [1.54, 1.807) is 17.4 Å². The van der Waals surface area contributed by atoms with Crippen LogP contribution in [0.15, 0.2) is 41.8 Å². The molecule has 1 N–H and O–H groups in total. The number of rotatable bonds is 2. The lowest BCUT2D eigenvalue weighted by Gasteiger charge is -2.23. The molecule has 1 saturated heterocycles. The summed E-state index contributed by atoms with van der Waals surface area (Å²) in [7, 11) is 0.